The van der Waals surface area contributed by atoms with Crippen LogP contribution in [-0.2, 0) is 17.6 Å². The number of benzene rings is 3. The third-order valence-corrected chi connectivity index (χ3v) is 4.68. The van der Waals surface area contributed by atoms with E-state index in [1.165, 1.54) is 16.5 Å². The summed E-state index contributed by atoms with van der Waals surface area (Å²) < 4.78 is 0. The van der Waals surface area contributed by atoms with Gasteiger partial charge < -0.3 is 5.32 Å². The standard InChI is InChI=1S/C21H16ClNO/c22-17-10-4-14(5-11-17)6-13-20(24)23-19-12-9-16-8-7-15-2-1-3-18(19)21(15)16/h1-6,9-13H,7-8H2,(H,23,24)/b13-6+. The molecule has 1 amide bonds. The first kappa shape index (κ1) is 15.0. The number of nitrogens with one attached hydrogen (secondary N) is 1. The van der Waals surface area contributed by atoms with Gasteiger partial charge in [-0.15, -0.1) is 0 Å². The number of rotatable bonds is 3. The van der Waals surface area contributed by atoms with Gasteiger partial charge in [0.1, 0.15) is 0 Å². The Kier molecular flexibility index (Phi) is 3.83. The van der Waals surface area contributed by atoms with Crippen molar-refractivity contribution in [1.82, 2.24) is 0 Å². The molecule has 0 unspecified atom stereocenters. The highest BCUT2D eigenvalue weighted by Crippen LogP contribution is 2.34. The van der Waals surface area contributed by atoms with Crippen LogP contribution in [0.1, 0.15) is 16.7 Å². The average molecular weight is 334 g/mol. The summed E-state index contributed by atoms with van der Waals surface area (Å²) in [6, 6.07) is 17.8. The van der Waals surface area contributed by atoms with E-state index in [0.717, 1.165) is 29.5 Å². The number of carbonyl (C=O) groups excluding carboxylic acids is 1. The Hall–Kier alpha value is -2.58. The van der Waals surface area contributed by atoms with Crippen LogP contribution in [0.25, 0.3) is 16.8 Å². The van der Waals surface area contributed by atoms with Crippen molar-refractivity contribution in [2.75, 3.05) is 5.32 Å². The van der Waals surface area contributed by atoms with Crippen LogP contribution < -0.4 is 5.32 Å². The smallest absolute Gasteiger partial charge is 0.248 e. The normalized spacial score (nSPS) is 12.9. The van der Waals surface area contributed by atoms with Gasteiger partial charge in [0, 0.05) is 22.2 Å². The minimum absolute atomic E-state index is 0.136. The van der Waals surface area contributed by atoms with Gasteiger partial charge in [0.05, 0.1) is 0 Å². The molecule has 3 aromatic rings. The first-order valence-electron chi connectivity index (χ1n) is 7.99. The largest absolute Gasteiger partial charge is 0.322 e. The van der Waals surface area contributed by atoms with E-state index in [9.17, 15) is 4.79 Å². The number of hydrogen-bond donors (Lipinski definition) is 1. The molecule has 0 aromatic heterocycles. The molecule has 1 N–H and O–H groups in total. The molecule has 4 rings (SSSR count). The molecule has 0 atom stereocenters. The summed E-state index contributed by atoms with van der Waals surface area (Å²) in [6.45, 7) is 0. The third kappa shape index (κ3) is 2.81. The van der Waals surface area contributed by atoms with Crippen LogP contribution in [-0.4, -0.2) is 5.91 Å². The number of amides is 1. The molecule has 24 heavy (non-hydrogen) atoms. The lowest BCUT2D eigenvalue weighted by Gasteiger charge is -2.09. The monoisotopic (exact) mass is 333 g/mol. The number of halogens is 1. The zero-order chi connectivity index (χ0) is 16.5. The number of anilines is 1. The Balaban J connectivity index is 1.58. The predicted octanol–water partition coefficient (Wildman–Crippen LogP) is 5.24. The van der Waals surface area contributed by atoms with Crippen LogP contribution in [0.2, 0.25) is 5.02 Å². The van der Waals surface area contributed by atoms with E-state index >= 15 is 0 Å². The van der Waals surface area contributed by atoms with E-state index in [0.29, 0.717) is 5.02 Å². The van der Waals surface area contributed by atoms with Crippen molar-refractivity contribution in [3.8, 4) is 0 Å². The Morgan fingerprint density at radius 2 is 1.71 bits per heavy atom. The lowest BCUT2D eigenvalue weighted by Crippen LogP contribution is -2.08. The van der Waals surface area contributed by atoms with Crippen LogP contribution in [0.5, 0.6) is 0 Å². The van der Waals surface area contributed by atoms with Gasteiger partial charge in [-0.25, -0.2) is 0 Å². The van der Waals surface area contributed by atoms with Gasteiger partial charge in [-0.3, -0.25) is 4.79 Å². The van der Waals surface area contributed by atoms with Crippen LogP contribution in [0.15, 0.2) is 60.7 Å². The maximum Gasteiger partial charge on any atom is 0.248 e. The molecule has 0 radical (unpaired) electrons. The highest BCUT2D eigenvalue weighted by molar-refractivity contribution is 6.30. The van der Waals surface area contributed by atoms with Crippen molar-refractivity contribution < 1.29 is 4.79 Å². The molecule has 3 aromatic carbocycles. The van der Waals surface area contributed by atoms with Crippen molar-refractivity contribution in [1.29, 1.82) is 0 Å². The van der Waals surface area contributed by atoms with E-state index in [1.807, 2.05) is 30.3 Å². The first-order valence-corrected chi connectivity index (χ1v) is 8.36. The van der Waals surface area contributed by atoms with Gasteiger partial charge in [-0.1, -0.05) is 48.0 Å². The molecule has 118 valence electrons. The minimum atomic E-state index is -0.136. The first-order chi connectivity index (χ1) is 11.7. The molecule has 0 spiro atoms. The van der Waals surface area contributed by atoms with Gasteiger partial charge in [0.15, 0.2) is 0 Å². The molecular weight excluding hydrogens is 318 g/mol. The van der Waals surface area contributed by atoms with Crippen molar-refractivity contribution in [2.45, 2.75) is 12.8 Å². The molecule has 1 aliphatic carbocycles. The van der Waals surface area contributed by atoms with E-state index in [1.54, 1.807) is 12.2 Å². The van der Waals surface area contributed by atoms with Crippen LogP contribution in [0, 0.1) is 0 Å². The van der Waals surface area contributed by atoms with Gasteiger partial charge in [0.2, 0.25) is 5.91 Å². The van der Waals surface area contributed by atoms with Gasteiger partial charge >= 0.3 is 0 Å². The molecule has 0 saturated carbocycles. The SMILES string of the molecule is O=C(/C=C/c1ccc(Cl)cc1)Nc1ccc2c3c(cccc13)CC2. The van der Waals surface area contributed by atoms with E-state index < -0.39 is 0 Å². The molecule has 2 nitrogen and oxygen atoms in total. The summed E-state index contributed by atoms with van der Waals surface area (Å²) in [4.78, 5) is 12.3. The third-order valence-electron chi connectivity index (χ3n) is 4.43. The quantitative estimate of drug-likeness (QED) is 0.652. The van der Waals surface area contributed by atoms with Crippen LogP contribution >= 0.6 is 11.6 Å². The summed E-state index contributed by atoms with van der Waals surface area (Å²) in [5, 5.41) is 6.11. The van der Waals surface area contributed by atoms with Crippen molar-refractivity contribution in [3.05, 3.63) is 82.4 Å². The Labute approximate surface area is 145 Å². The lowest BCUT2D eigenvalue weighted by molar-refractivity contribution is -0.111. The van der Waals surface area contributed by atoms with Gasteiger partial charge in [-0.2, -0.15) is 0 Å². The molecule has 0 bridgehead atoms. The Morgan fingerprint density at radius 1 is 0.958 bits per heavy atom. The summed E-state index contributed by atoms with van der Waals surface area (Å²) in [5.74, 6) is -0.136. The van der Waals surface area contributed by atoms with E-state index in [4.69, 9.17) is 11.6 Å². The van der Waals surface area contributed by atoms with Gasteiger partial charge in [0.25, 0.3) is 0 Å². The summed E-state index contributed by atoms with van der Waals surface area (Å²) in [6.07, 6.45) is 5.50. The minimum Gasteiger partial charge on any atom is -0.322 e. The fraction of sp³-hybridized carbons (Fsp3) is 0.0952. The van der Waals surface area contributed by atoms with Crippen molar-refractivity contribution in [2.24, 2.45) is 0 Å². The number of aryl methyl sites for hydroxylation is 2. The predicted molar refractivity (Wildman–Crippen MR) is 100 cm³/mol. The second-order valence-electron chi connectivity index (χ2n) is 5.99. The highest BCUT2D eigenvalue weighted by atomic mass is 35.5. The van der Waals surface area contributed by atoms with Gasteiger partial charge in [-0.05, 0) is 59.2 Å². The average Bonchev–Trinajstić information content (AvgIpc) is 3.02. The maximum atomic E-state index is 12.3. The molecule has 0 saturated heterocycles. The van der Waals surface area contributed by atoms with Crippen molar-refractivity contribution in [3.63, 3.8) is 0 Å². The topological polar surface area (TPSA) is 29.1 Å². The zero-order valence-electron chi connectivity index (χ0n) is 13.1. The Morgan fingerprint density at radius 3 is 2.50 bits per heavy atom. The fourth-order valence-electron chi connectivity index (χ4n) is 3.28. The molecule has 3 heteroatoms. The Bertz CT molecular complexity index is 947. The number of hydrogen-bond acceptors (Lipinski definition) is 1. The van der Waals surface area contributed by atoms with Crippen molar-refractivity contribution >= 4 is 40.0 Å². The lowest BCUT2D eigenvalue weighted by atomic mass is 10.0. The molecule has 1 aliphatic rings. The van der Waals surface area contributed by atoms with Crippen LogP contribution in [0.4, 0.5) is 5.69 Å². The molecule has 0 aliphatic heterocycles. The number of carbonyl (C=O) groups is 1. The van der Waals surface area contributed by atoms with E-state index in [2.05, 4.69) is 29.6 Å². The van der Waals surface area contributed by atoms with Crippen LogP contribution in [0.3, 0.4) is 0 Å². The summed E-state index contributed by atoms with van der Waals surface area (Å²) in [7, 11) is 0. The fourth-order valence-corrected chi connectivity index (χ4v) is 3.40. The maximum absolute atomic E-state index is 12.3. The zero-order valence-corrected chi connectivity index (χ0v) is 13.8. The molecule has 0 fully saturated rings. The highest BCUT2D eigenvalue weighted by Gasteiger charge is 2.16. The molecular formula is C21H16ClNO. The second kappa shape index (κ2) is 6.14. The summed E-state index contributed by atoms with van der Waals surface area (Å²) in [5.41, 5.74) is 4.55. The second-order valence-corrected chi connectivity index (χ2v) is 6.42. The summed E-state index contributed by atoms with van der Waals surface area (Å²) >= 11 is 5.86. The van der Waals surface area contributed by atoms with E-state index in [-0.39, 0.29) is 5.91 Å². The molecule has 0 heterocycles.